The fraction of sp³-hybridized carbons (Fsp3) is 0.0667. The molecular formula is C15H11FO3. The third-order valence-electron chi connectivity index (χ3n) is 2.76. The van der Waals surface area contributed by atoms with Crippen LogP contribution in [-0.2, 0) is 6.61 Å². The van der Waals surface area contributed by atoms with E-state index in [2.05, 4.69) is 0 Å². The summed E-state index contributed by atoms with van der Waals surface area (Å²) in [5, 5.41) is 10.3. The van der Waals surface area contributed by atoms with E-state index in [1.807, 2.05) is 0 Å². The second kappa shape index (κ2) is 4.65. The molecule has 0 saturated heterocycles. The molecule has 3 nitrogen and oxygen atoms in total. The van der Waals surface area contributed by atoms with E-state index in [0.717, 1.165) is 0 Å². The average Bonchev–Trinajstić information content (AvgIpc) is 2.79. The molecule has 0 aliphatic carbocycles. The first-order chi connectivity index (χ1) is 9.22. The van der Waals surface area contributed by atoms with Crippen molar-refractivity contribution in [2.24, 2.45) is 0 Å². The highest BCUT2D eigenvalue weighted by atomic mass is 19.1. The van der Waals surface area contributed by atoms with Crippen molar-refractivity contribution in [2.75, 3.05) is 0 Å². The summed E-state index contributed by atoms with van der Waals surface area (Å²) in [5.41, 5.74) is 0.609. The smallest absolute Gasteiger partial charge is 0.161 e. The van der Waals surface area contributed by atoms with Crippen LogP contribution in [-0.4, -0.2) is 5.11 Å². The molecule has 1 aromatic heterocycles. The zero-order valence-electron chi connectivity index (χ0n) is 9.97. The van der Waals surface area contributed by atoms with E-state index in [1.54, 1.807) is 36.4 Å². The monoisotopic (exact) mass is 258 g/mol. The highest BCUT2D eigenvalue weighted by molar-refractivity contribution is 5.77. The van der Waals surface area contributed by atoms with Crippen molar-refractivity contribution in [1.29, 1.82) is 0 Å². The molecule has 0 radical (unpaired) electrons. The van der Waals surface area contributed by atoms with Crippen LogP contribution in [0, 0.1) is 5.82 Å². The molecule has 19 heavy (non-hydrogen) atoms. The van der Waals surface area contributed by atoms with E-state index < -0.39 is 0 Å². The van der Waals surface area contributed by atoms with E-state index >= 15 is 0 Å². The lowest BCUT2D eigenvalue weighted by atomic mass is 10.2. The number of halogens is 1. The second-order valence-corrected chi connectivity index (χ2v) is 4.15. The molecule has 0 amide bonds. The maximum Gasteiger partial charge on any atom is 0.161 e. The van der Waals surface area contributed by atoms with Crippen LogP contribution in [0.5, 0.6) is 11.5 Å². The van der Waals surface area contributed by atoms with Crippen LogP contribution >= 0.6 is 0 Å². The molecule has 3 aromatic rings. The quantitative estimate of drug-likeness (QED) is 0.775. The lowest BCUT2D eigenvalue weighted by molar-refractivity contribution is 0.262. The standard InChI is InChI=1S/C15H11FO3/c16-11-5-6-14-10(7-11)8-12(19-14)9-18-15-4-2-1-3-13(15)17/h1-8,17H,9H2. The van der Waals surface area contributed by atoms with Gasteiger partial charge >= 0.3 is 0 Å². The molecule has 0 aliphatic rings. The number of hydrogen-bond acceptors (Lipinski definition) is 3. The Labute approximate surface area is 108 Å². The van der Waals surface area contributed by atoms with Crippen LogP contribution in [0.4, 0.5) is 4.39 Å². The summed E-state index contributed by atoms with van der Waals surface area (Å²) in [6.07, 6.45) is 0. The largest absolute Gasteiger partial charge is 0.504 e. The Bertz CT molecular complexity index is 718. The molecule has 0 saturated carbocycles. The summed E-state index contributed by atoms with van der Waals surface area (Å²) in [4.78, 5) is 0. The number of ether oxygens (including phenoxy) is 1. The first kappa shape index (κ1) is 11.6. The van der Waals surface area contributed by atoms with Crippen molar-refractivity contribution >= 4 is 11.0 Å². The lowest BCUT2D eigenvalue weighted by Crippen LogP contribution is -1.93. The fourth-order valence-corrected chi connectivity index (χ4v) is 1.87. The average molecular weight is 258 g/mol. The maximum atomic E-state index is 13.0. The van der Waals surface area contributed by atoms with Gasteiger partial charge in [0.1, 0.15) is 23.8 Å². The van der Waals surface area contributed by atoms with Gasteiger partial charge in [0.2, 0.25) is 0 Å². The molecule has 0 atom stereocenters. The lowest BCUT2D eigenvalue weighted by Gasteiger charge is -2.05. The van der Waals surface area contributed by atoms with Gasteiger partial charge in [-0.15, -0.1) is 0 Å². The molecule has 1 N–H and O–H groups in total. The number of phenols is 1. The van der Waals surface area contributed by atoms with Crippen LogP contribution in [0.25, 0.3) is 11.0 Å². The summed E-state index contributed by atoms with van der Waals surface area (Å²) in [6, 6.07) is 12.7. The van der Waals surface area contributed by atoms with Crippen LogP contribution < -0.4 is 4.74 Å². The predicted molar refractivity (Wildman–Crippen MR) is 68.6 cm³/mol. The number of rotatable bonds is 3. The Morgan fingerprint density at radius 1 is 1.11 bits per heavy atom. The number of benzene rings is 2. The second-order valence-electron chi connectivity index (χ2n) is 4.15. The van der Waals surface area contributed by atoms with Gasteiger partial charge in [0.05, 0.1) is 0 Å². The van der Waals surface area contributed by atoms with Gasteiger partial charge in [-0.05, 0) is 36.4 Å². The van der Waals surface area contributed by atoms with Gasteiger partial charge in [0.25, 0.3) is 0 Å². The van der Waals surface area contributed by atoms with E-state index in [1.165, 1.54) is 12.1 Å². The highest BCUT2D eigenvalue weighted by Crippen LogP contribution is 2.26. The molecule has 0 bridgehead atoms. The van der Waals surface area contributed by atoms with Crippen LogP contribution in [0.2, 0.25) is 0 Å². The van der Waals surface area contributed by atoms with Gasteiger partial charge in [-0.1, -0.05) is 12.1 Å². The van der Waals surface area contributed by atoms with Crippen LogP contribution in [0.3, 0.4) is 0 Å². The summed E-state index contributed by atoms with van der Waals surface area (Å²) in [6.45, 7) is 0.174. The summed E-state index contributed by atoms with van der Waals surface area (Å²) in [5.74, 6) is 0.726. The summed E-state index contributed by atoms with van der Waals surface area (Å²) < 4.78 is 24.0. The van der Waals surface area contributed by atoms with E-state index in [9.17, 15) is 9.50 Å². The van der Waals surface area contributed by atoms with Gasteiger partial charge in [-0.2, -0.15) is 0 Å². The van der Waals surface area contributed by atoms with Crippen LogP contribution in [0.1, 0.15) is 5.76 Å². The van der Waals surface area contributed by atoms with Gasteiger partial charge < -0.3 is 14.3 Å². The third kappa shape index (κ3) is 2.38. The van der Waals surface area contributed by atoms with Gasteiger partial charge in [0.15, 0.2) is 11.5 Å². The van der Waals surface area contributed by atoms with Crippen molar-refractivity contribution < 1.29 is 18.7 Å². The van der Waals surface area contributed by atoms with E-state index in [-0.39, 0.29) is 18.2 Å². The molecule has 4 heteroatoms. The molecule has 2 aromatic carbocycles. The molecule has 0 aliphatic heterocycles. The van der Waals surface area contributed by atoms with Crippen molar-refractivity contribution in [1.82, 2.24) is 0 Å². The first-order valence-electron chi connectivity index (χ1n) is 5.81. The summed E-state index contributed by atoms with van der Waals surface area (Å²) in [7, 11) is 0. The number of hydrogen-bond donors (Lipinski definition) is 1. The zero-order valence-corrected chi connectivity index (χ0v) is 9.97. The Hall–Kier alpha value is -2.49. The highest BCUT2D eigenvalue weighted by Gasteiger charge is 2.07. The van der Waals surface area contributed by atoms with Gasteiger partial charge in [-0.3, -0.25) is 0 Å². The molecule has 3 rings (SSSR count). The number of furan rings is 1. The number of para-hydroxylation sites is 2. The SMILES string of the molecule is Oc1ccccc1OCc1cc2cc(F)ccc2o1. The first-order valence-corrected chi connectivity index (χ1v) is 5.81. The van der Waals surface area contributed by atoms with Crippen molar-refractivity contribution in [2.45, 2.75) is 6.61 Å². The van der Waals surface area contributed by atoms with Crippen molar-refractivity contribution in [3.05, 3.63) is 60.1 Å². The molecule has 0 fully saturated rings. The Morgan fingerprint density at radius 3 is 2.79 bits per heavy atom. The van der Waals surface area contributed by atoms with Crippen molar-refractivity contribution in [3.63, 3.8) is 0 Å². The van der Waals surface area contributed by atoms with Gasteiger partial charge in [-0.25, -0.2) is 4.39 Å². The van der Waals surface area contributed by atoms with Crippen LogP contribution in [0.15, 0.2) is 52.9 Å². The number of aromatic hydroxyl groups is 1. The summed E-state index contributed by atoms with van der Waals surface area (Å²) >= 11 is 0. The van der Waals surface area contributed by atoms with E-state index in [0.29, 0.717) is 22.5 Å². The fourth-order valence-electron chi connectivity index (χ4n) is 1.87. The number of fused-ring (bicyclic) bond motifs is 1. The minimum atomic E-state index is -0.304. The van der Waals surface area contributed by atoms with E-state index in [4.69, 9.17) is 9.15 Å². The maximum absolute atomic E-state index is 13.0. The Kier molecular flexibility index (Phi) is 2.83. The normalized spacial score (nSPS) is 10.8. The Morgan fingerprint density at radius 2 is 1.95 bits per heavy atom. The zero-order chi connectivity index (χ0) is 13.2. The third-order valence-corrected chi connectivity index (χ3v) is 2.76. The number of phenolic OH excluding ortho intramolecular Hbond substituents is 1. The van der Waals surface area contributed by atoms with Gasteiger partial charge in [0, 0.05) is 5.39 Å². The minimum absolute atomic E-state index is 0.0738. The molecular weight excluding hydrogens is 247 g/mol. The molecule has 0 spiro atoms. The Balaban J connectivity index is 1.80. The van der Waals surface area contributed by atoms with Crippen molar-refractivity contribution in [3.8, 4) is 11.5 Å². The molecule has 96 valence electrons. The predicted octanol–water partition coefficient (Wildman–Crippen LogP) is 3.86. The molecule has 1 heterocycles. The molecule has 0 unspecified atom stereocenters. The minimum Gasteiger partial charge on any atom is -0.504 e. The topological polar surface area (TPSA) is 42.6 Å².